The summed E-state index contributed by atoms with van der Waals surface area (Å²) in [4.78, 5) is 26.1. The number of H-pyrrole nitrogens is 1. The highest BCUT2D eigenvalue weighted by Gasteiger charge is 2.23. The van der Waals surface area contributed by atoms with Crippen molar-refractivity contribution in [2.24, 2.45) is 0 Å². The Balaban J connectivity index is 1.64. The van der Waals surface area contributed by atoms with Crippen molar-refractivity contribution in [3.05, 3.63) is 107 Å². The first kappa shape index (κ1) is 23.2. The van der Waals surface area contributed by atoms with Crippen LogP contribution in [0.3, 0.4) is 0 Å². The molecule has 1 amide bonds. The highest BCUT2D eigenvalue weighted by Crippen LogP contribution is 2.25. The molecule has 0 atom stereocenters. The van der Waals surface area contributed by atoms with Crippen LogP contribution in [0.25, 0.3) is 11.3 Å². The first-order valence-corrected chi connectivity index (χ1v) is 10.4. The normalized spacial score (nSPS) is 11.0. The van der Waals surface area contributed by atoms with Crippen LogP contribution in [0.5, 0.6) is 0 Å². The van der Waals surface area contributed by atoms with Crippen LogP contribution >= 0.6 is 0 Å². The van der Waals surface area contributed by atoms with E-state index in [9.17, 15) is 22.4 Å². The zero-order valence-electron chi connectivity index (χ0n) is 18.2. The number of aryl methyl sites for hydroxylation is 1. The molecule has 0 saturated carbocycles. The van der Waals surface area contributed by atoms with Crippen LogP contribution in [0, 0.1) is 23.3 Å². The number of carbonyl (C=O) groups is 1. The fourth-order valence-corrected chi connectivity index (χ4v) is 3.58. The Labute approximate surface area is 193 Å². The summed E-state index contributed by atoms with van der Waals surface area (Å²) >= 11 is 0. The van der Waals surface area contributed by atoms with Gasteiger partial charge < -0.3 is 9.88 Å². The van der Waals surface area contributed by atoms with E-state index in [-0.39, 0.29) is 36.0 Å². The van der Waals surface area contributed by atoms with Crippen LogP contribution < -0.4 is 0 Å². The van der Waals surface area contributed by atoms with Gasteiger partial charge >= 0.3 is 0 Å². The second kappa shape index (κ2) is 9.86. The maximum atomic E-state index is 14.0. The lowest BCUT2D eigenvalue weighted by molar-refractivity contribution is 0.0780. The number of pyridine rings is 1. The molecule has 9 heteroatoms. The zero-order valence-corrected chi connectivity index (χ0v) is 18.2. The average Bonchev–Trinajstić information content (AvgIpc) is 3.26. The van der Waals surface area contributed by atoms with Gasteiger partial charge in [-0.15, -0.1) is 0 Å². The Morgan fingerprint density at radius 3 is 2.29 bits per heavy atom. The average molecular weight is 468 g/mol. The van der Waals surface area contributed by atoms with Gasteiger partial charge in [-0.05, 0) is 60.5 Å². The second-order valence-electron chi connectivity index (χ2n) is 7.75. The summed E-state index contributed by atoms with van der Waals surface area (Å²) in [5.74, 6) is -3.80. The first-order valence-electron chi connectivity index (χ1n) is 10.4. The molecular weight excluding hydrogens is 448 g/mol. The van der Waals surface area contributed by atoms with Crippen LogP contribution in [0.2, 0.25) is 0 Å². The predicted molar refractivity (Wildman–Crippen MR) is 118 cm³/mol. The van der Waals surface area contributed by atoms with Crippen LogP contribution in [0.4, 0.5) is 17.6 Å². The summed E-state index contributed by atoms with van der Waals surface area (Å²) < 4.78 is 55.0. The summed E-state index contributed by atoms with van der Waals surface area (Å²) in [5.41, 5.74) is 1.39. The van der Waals surface area contributed by atoms with Gasteiger partial charge in [-0.1, -0.05) is 0 Å². The number of hydrogen-bond acceptors (Lipinski definition) is 3. The molecule has 5 nitrogen and oxygen atoms in total. The molecule has 4 rings (SSSR count). The molecule has 0 fully saturated rings. The number of aromatic amines is 1. The number of rotatable bonds is 7. The topological polar surface area (TPSA) is 61.9 Å². The number of amides is 1. The first-order chi connectivity index (χ1) is 16.3. The van der Waals surface area contributed by atoms with E-state index in [2.05, 4.69) is 15.0 Å². The lowest BCUT2D eigenvalue weighted by Crippen LogP contribution is -2.27. The van der Waals surface area contributed by atoms with Crippen LogP contribution in [-0.2, 0) is 19.4 Å². The van der Waals surface area contributed by atoms with E-state index in [0.29, 0.717) is 12.1 Å². The molecule has 0 aliphatic carbocycles. The summed E-state index contributed by atoms with van der Waals surface area (Å²) in [6.45, 7) is 0.304. The molecule has 0 aliphatic rings. The van der Waals surface area contributed by atoms with E-state index in [1.165, 1.54) is 29.2 Å². The molecule has 0 unspecified atom stereocenters. The van der Waals surface area contributed by atoms with Gasteiger partial charge in [0.2, 0.25) is 0 Å². The molecular formula is C25H20F4N4O. The Bertz CT molecular complexity index is 1310. The molecule has 2 heterocycles. The Kier molecular flexibility index (Phi) is 6.72. The summed E-state index contributed by atoms with van der Waals surface area (Å²) in [6.07, 6.45) is 3.09. The number of carbonyl (C=O) groups excluding carboxylic acids is 1. The lowest BCUT2D eigenvalue weighted by Gasteiger charge is -2.17. The molecule has 1 N–H and O–H groups in total. The number of nitrogens with one attached hydrogen (secondary N) is 1. The van der Waals surface area contributed by atoms with E-state index in [1.807, 2.05) is 0 Å². The number of imidazole rings is 1. The Morgan fingerprint density at radius 2 is 1.59 bits per heavy atom. The number of hydrogen-bond donors (Lipinski definition) is 1. The van der Waals surface area contributed by atoms with E-state index in [0.717, 1.165) is 17.7 Å². The van der Waals surface area contributed by atoms with E-state index < -0.39 is 28.8 Å². The maximum absolute atomic E-state index is 14.0. The van der Waals surface area contributed by atoms with Crippen LogP contribution in [-0.4, -0.2) is 32.8 Å². The minimum atomic E-state index is -1.25. The second-order valence-corrected chi connectivity index (χ2v) is 7.75. The highest BCUT2D eigenvalue weighted by atomic mass is 19.2. The third kappa shape index (κ3) is 4.98. The van der Waals surface area contributed by atoms with Crippen molar-refractivity contribution < 1.29 is 22.4 Å². The lowest BCUT2D eigenvalue weighted by atomic mass is 10.1. The fourth-order valence-electron chi connectivity index (χ4n) is 3.58. The standard InChI is InChI=1S/C25H20F4N4O/c1-33(14-15-10-12-30-13-11-15)25(34)24-23(16-2-4-17(26)5-3-16)31-21(32-24)9-6-18-19(27)7-8-20(28)22(18)29/h2-5,7-8,10-13H,6,9,14H2,1H3,(H,31,32). The van der Waals surface area contributed by atoms with Gasteiger partial charge in [0.1, 0.15) is 28.8 Å². The fraction of sp³-hybridized carbons (Fsp3) is 0.160. The number of benzene rings is 2. The molecule has 2 aromatic heterocycles. The van der Waals surface area contributed by atoms with Gasteiger partial charge in [-0.25, -0.2) is 22.5 Å². The molecule has 4 aromatic rings. The van der Waals surface area contributed by atoms with Crippen molar-refractivity contribution in [3.8, 4) is 11.3 Å². The summed E-state index contributed by atoms with van der Waals surface area (Å²) in [7, 11) is 1.62. The predicted octanol–water partition coefficient (Wildman–Crippen LogP) is 5.09. The number of halogens is 4. The van der Waals surface area contributed by atoms with Crippen LogP contribution in [0.15, 0.2) is 60.9 Å². The number of nitrogens with zero attached hydrogens (tertiary/aromatic N) is 3. The monoisotopic (exact) mass is 468 g/mol. The van der Waals surface area contributed by atoms with Crippen LogP contribution in [0.1, 0.15) is 27.4 Å². The van der Waals surface area contributed by atoms with Crippen molar-refractivity contribution >= 4 is 5.91 Å². The van der Waals surface area contributed by atoms with Gasteiger partial charge in [-0.3, -0.25) is 9.78 Å². The van der Waals surface area contributed by atoms with E-state index in [1.54, 1.807) is 31.6 Å². The molecule has 34 heavy (non-hydrogen) atoms. The van der Waals surface area contributed by atoms with Gasteiger partial charge in [0, 0.05) is 43.5 Å². The number of aromatic nitrogens is 3. The van der Waals surface area contributed by atoms with Gasteiger partial charge in [-0.2, -0.15) is 0 Å². The summed E-state index contributed by atoms with van der Waals surface area (Å²) in [6, 6.07) is 10.6. The molecule has 0 aliphatic heterocycles. The molecule has 0 bridgehead atoms. The van der Waals surface area contributed by atoms with Crippen molar-refractivity contribution in [2.45, 2.75) is 19.4 Å². The highest BCUT2D eigenvalue weighted by molar-refractivity contribution is 5.98. The minimum Gasteiger partial charge on any atom is -0.337 e. The van der Waals surface area contributed by atoms with Gasteiger partial charge in [0.05, 0.1) is 0 Å². The molecule has 2 aromatic carbocycles. The third-order valence-electron chi connectivity index (χ3n) is 5.35. The molecule has 174 valence electrons. The quantitative estimate of drug-likeness (QED) is 0.304. The smallest absolute Gasteiger partial charge is 0.272 e. The largest absolute Gasteiger partial charge is 0.337 e. The third-order valence-corrected chi connectivity index (χ3v) is 5.35. The Hall–Kier alpha value is -4.01. The zero-order chi connectivity index (χ0) is 24.2. The van der Waals surface area contributed by atoms with Gasteiger partial charge in [0.25, 0.3) is 5.91 Å². The SMILES string of the molecule is CN(Cc1ccncc1)C(=O)c1[nH]c(CCc2c(F)ccc(F)c2F)nc1-c1ccc(F)cc1. The van der Waals surface area contributed by atoms with E-state index in [4.69, 9.17) is 0 Å². The van der Waals surface area contributed by atoms with Gasteiger partial charge in [0.15, 0.2) is 11.6 Å². The van der Waals surface area contributed by atoms with Crippen molar-refractivity contribution in [1.29, 1.82) is 0 Å². The minimum absolute atomic E-state index is 0.0207. The maximum Gasteiger partial charge on any atom is 0.272 e. The molecule has 0 saturated heterocycles. The summed E-state index contributed by atoms with van der Waals surface area (Å²) in [5, 5.41) is 0. The molecule has 0 radical (unpaired) electrons. The Morgan fingerprint density at radius 1 is 0.912 bits per heavy atom. The van der Waals surface area contributed by atoms with E-state index >= 15 is 0 Å². The van der Waals surface area contributed by atoms with Crippen molar-refractivity contribution in [1.82, 2.24) is 19.9 Å². The molecule has 0 spiro atoms. The van der Waals surface area contributed by atoms with Crippen molar-refractivity contribution in [3.63, 3.8) is 0 Å². The van der Waals surface area contributed by atoms with Crippen molar-refractivity contribution in [2.75, 3.05) is 7.05 Å².